The molecular formula is C21H18BrClN2O4S. The molecule has 1 heterocycles. The number of rotatable bonds is 7. The number of sulfone groups is 1. The van der Waals surface area contributed by atoms with Crippen molar-refractivity contribution in [2.24, 2.45) is 5.73 Å². The molecule has 0 unspecified atom stereocenters. The van der Waals surface area contributed by atoms with Gasteiger partial charge >= 0.3 is 0 Å². The van der Waals surface area contributed by atoms with Crippen LogP contribution in [0, 0.1) is 0 Å². The zero-order chi connectivity index (χ0) is 21.9. The maximum atomic E-state index is 12.2. The summed E-state index contributed by atoms with van der Waals surface area (Å²) in [5, 5.41) is 0.480. The van der Waals surface area contributed by atoms with E-state index in [1.165, 1.54) is 12.1 Å². The number of carbonyl (C=O) groups is 1. The third-order valence-electron chi connectivity index (χ3n) is 4.32. The third-order valence-corrected chi connectivity index (χ3v) is 5.71. The van der Waals surface area contributed by atoms with Crippen molar-refractivity contribution in [2.75, 3.05) is 11.8 Å². The minimum atomic E-state index is -3.35. The third kappa shape index (κ3) is 5.00. The Morgan fingerprint density at radius 1 is 1.20 bits per heavy atom. The first-order valence-corrected chi connectivity index (χ1v) is 12.3. The van der Waals surface area contributed by atoms with Crippen LogP contribution in [0.5, 0.6) is 5.75 Å². The number of halogens is 2. The van der Waals surface area contributed by atoms with Crippen LogP contribution < -0.4 is 10.5 Å². The molecule has 0 radical (unpaired) electrons. The van der Waals surface area contributed by atoms with Gasteiger partial charge in [-0.1, -0.05) is 29.8 Å². The van der Waals surface area contributed by atoms with E-state index in [-0.39, 0.29) is 22.6 Å². The smallest absolute Gasteiger partial charge is 0.249 e. The van der Waals surface area contributed by atoms with Gasteiger partial charge in [0.1, 0.15) is 11.3 Å². The molecule has 0 saturated heterocycles. The second-order valence-corrected chi connectivity index (χ2v) is 9.58. The summed E-state index contributed by atoms with van der Waals surface area (Å²) in [7, 11) is -3.35. The van der Waals surface area contributed by atoms with Gasteiger partial charge < -0.3 is 10.5 Å². The van der Waals surface area contributed by atoms with Crippen molar-refractivity contribution in [3.63, 3.8) is 0 Å². The van der Waals surface area contributed by atoms with Gasteiger partial charge in [0, 0.05) is 34.2 Å². The number of alkyl halides is 1. The molecule has 0 bridgehead atoms. The highest BCUT2D eigenvalue weighted by Crippen LogP contribution is 2.40. The predicted octanol–water partition coefficient (Wildman–Crippen LogP) is 4.44. The Hall–Kier alpha value is -2.42. The Balaban J connectivity index is 2.31. The lowest BCUT2D eigenvalue weighted by atomic mass is 9.94. The highest BCUT2D eigenvalue weighted by Gasteiger charge is 2.22. The number of hydrogen-bond donors (Lipinski definition) is 1. The normalized spacial score (nSPS) is 11.3. The number of hydrogen-bond acceptors (Lipinski definition) is 5. The van der Waals surface area contributed by atoms with E-state index in [9.17, 15) is 13.2 Å². The van der Waals surface area contributed by atoms with Crippen LogP contribution in [-0.4, -0.2) is 31.1 Å². The Labute approximate surface area is 188 Å². The van der Waals surface area contributed by atoms with E-state index in [2.05, 4.69) is 20.9 Å². The first-order valence-electron chi connectivity index (χ1n) is 8.74. The van der Waals surface area contributed by atoms with Crippen LogP contribution >= 0.6 is 27.5 Å². The highest BCUT2D eigenvalue weighted by atomic mass is 79.9. The molecule has 2 aromatic carbocycles. The lowest BCUT2D eigenvalue weighted by Gasteiger charge is -2.18. The van der Waals surface area contributed by atoms with Crippen molar-refractivity contribution in [3.8, 4) is 28.1 Å². The molecule has 30 heavy (non-hydrogen) atoms. The minimum Gasteiger partial charge on any atom is -0.481 e. The topological polar surface area (TPSA) is 99.3 Å². The minimum absolute atomic E-state index is 0.0969. The Morgan fingerprint density at radius 2 is 1.97 bits per heavy atom. The van der Waals surface area contributed by atoms with E-state index in [1.54, 1.807) is 30.5 Å². The summed E-state index contributed by atoms with van der Waals surface area (Å²) < 4.78 is 29.6. The Kier molecular flexibility index (Phi) is 6.80. The Bertz CT molecular complexity index is 1200. The highest BCUT2D eigenvalue weighted by molar-refractivity contribution is 9.09. The first-order chi connectivity index (χ1) is 14.2. The SMILES string of the molecule is CS(=O)(=O)Cc1ccc(C(N)=O)c(-c2ccc(Cl)c(-c3ccccn3)c2)c1OCBr. The van der Waals surface area contributed by atoms with Crippen molar-refractivity contribution >= 4 is 43.3 Å². The van der Waals surface area contributed by atoms with Gasteiger partial charge in [-0.25, -0.2) is 8.42 Å². The summed E-state index contributed by atoms with van der Waals surface area (Å²) in [4.78, 5) is 16.5. The van der Waals surface area contributed by atoms with Crippen molar-refractivity contribution in [3.05, 3.63) is 70.9 Å². The molecule has 3 rings (SSSR count). The lowest BCUT2D eigenvalue weighted by molar-refractivity contribution is 0.100. The molecule has 0 aliphatic rings. The maximum Gasteiger partial charge on any atom is 0.249 e. The van der Waals surface area contributed by atoms with E-state index in [1.807, 2.05) is 12.1 Å². The van der Waals surface area contributed by atoms with Gasteiger partial charge in [-0.15, -0.1) is 0 Å². The summed E-state index contributed by atoms with van der Waals surface area (Å²) in [6.45, 7) is 0. The van der Waals surface area contributed by atoms with Crippen LogP contribution in [0.2, 0.25) is 5.02 Å². The van der Waals surface area contributed by atoms with Gasteiger partial charge in [-0.05, 0) is 51.8 Å². The van der Waals surface area contributed by atoms with Crippen LogP contribution in [0.15, 0.2) is 54.7 Å². The summed E-state index contributed by atoms with van der Waals surface area (Å²) in [5.41, 5.74) is 8.64. The fourth-order valence-electron chi connectivity index (χ4n) is 3.13. The van der Waals surface area contributed by atoms with Crippen LogP contribution in [-0.2, 0) is 15.6 Å². The molecule has 6 nitrogen and oxygen atoms in total. The van der Waals surface area contributed by atoms with Gasteiger partial charge in [0.25, 0.3) is 0 Å². The summed E-state index contributed by atoms with van der Waals surface area (Å²) in [6.07, 6.45) is 2.79. The molecule has 1 aromatic heterocycles. The van der Waals surface area contributed by atoms with Gasteiger partial charge in [-0.3, -0.25) is 9.78 Å². The molecule has 0 atom stereocenters. The number of pyridine rings is 1. The van der Waals surface area contributed by atoms with E-state index in [4.69, 9.17) is 22.1 Å². The summed E-state index contributed by atoms with van der Waals surface area (Å²) in [6, 6.07) is 13.7. The fraction of sp³-hybridized carbons (Fsp3) is 0.143. The number of aromatic nitrogens is 1. The number of nitrogens with zero attached hydrogens (tertiary/aromatic N) is 1. The number of nitrogens with two attached hydrogens (primary N) is 1. The summed E-state index contributed by atoms with van der Waals surface area (Å²) in [5.74, 6) is -0.644. The number of primary amides is 1. The lowest BCUT2D eigenvalue weighted by Crippen LogP contribution is -2.14. The molecule has 0 aliphatic carbocycles. The number of amides is 1. The van der Waals surface area contributed by atoms with Gasteiger partial charge in [-0.2, -0.15) is 0 Å². The number of benzene rings is 2. The monoisotopic (exact) mass is 508 g/mol. The van der Waals surface area contributed by atoms with E-state index in [0.717, 1.165) is 6.26 Å². The molecule has 0 spiro atoms. The van der Waals surface area contributed by atoms with Crippen LogP contribution in [0.3, 0.4) is 0 Å². The van der Waals surface area contributed by atoms with Crippen molar-refractivity contribution in [1.82, 2.24) is 4.98 Å². The number of ether oxygens (including phenoxy) is 1. The second-order valence-electron chi connectivity index (χ2n) is 6.57. The van der Waals surface area contributed by atoms with Crippen molar-refractivity contribution in [1.29, 1.82) is 0 Å². The molecular weight excluding hydrogens is 492 g/mol. The standard InChI is InChI=1S/C21H18BrClN2O4S/c1-30(27,28)11-14-5-7-15(21(24)26)19(20(14)29-12-22)13-6-8-17(23)16(10-13)18-4-2-3-9-25-18/h2-10H,11-12H2,1H3,(H2,24,26). The molecule has 0 saturated carbocycles. The van der Waals surface area contributed by atoms with Crippen LogP contribution in [0.4, 0.5) is 0 Å². The Morgan fingerprint density at radius 3 is 2.57 bits per heavy atom. The molecule has 0 aliphatic heterocycles. The van der Waals surface area contributed by atoms with Gasteiger partial charge in [0.2, 0.25) is 5.91 Å². The van der Waals surface area contributed by atoms with E-state index in [0.29, 0.717) is 33.0 Å². The van der Waals surface area contributed by atoms with Gasteiger partial charge in [0.15, 0.2) is 9.84 Å². The van der Waals surface area contributed by atoms with E-state index >= 15 is 0 Å². The fourth-order valence-corrected chi connectivity index (χ4v) is 4.37. The van der Waals surface area contributed by atoms with Crippen LogP contribution in [0.25, 0.3) is 22.4 Å². The second kappa shape index (κ2) is 9.16. The quantitative estimate of drug-likeness (QED) is 0.475. The zero-order valence-electron chi connectivity index (χ0n) is 15.9. The molecule has 156 valence electrons. The summed E-state index contributed by atoms with van der Waals surface area (Å²) >= 11 is 9.60. The van der Waals surface area contributed by atoms with E-state index < -0.39 is 15.7 Å². The van der Waals surface area contributed by atoms with Gasteiger partial charge in [0.05, 0.1) is 17.0 Å². The number of carbonyl (C=O) groups excluding carboxylic acids is 1. The molecule has 0 fully saturated rings. The van der Waals surface area contributed by atoms with Crippen LogP contribution in [0.1, 0.15) is 15.9 Å². The zero-order valence-corrected chi connectivity index (χ0v) is 19.1. The average molecular weight is 510 g/mol. The molecule has 2 N–H and O–H groups in total. The largest absolute Gasteiger partial charge is 0.481 e. The molecule has 1 amide bonds. The van der Waals surface area contributed by atoms with Crippen molar-refractivity contribution in [2.45, 2.75) is 5.75 Å². The maximum absolute atomic E-state index is 12.2. The molecule has 9 heteroatoms. The molecule has 3 aromatic rings. The average Bonchev–Trinajstić information content (AvgIpc) is 2.69. The predicted molar refractivity (Wildman–Crippen MR) is 122 cm³/mol. The first kappa shape index (κ1) is 22.3. The van der Waals surface area contributed by atoms with Crippen molar-refractivity contribution < 1.29 is 17.9 Å².